The first-order valence-electron chi connectivity index (χ1n) is 13.1. The zero-order valence-corrected chi connectivity index (χ0v) is 21.0. The molecular weight excluding hydrogens is 452 g/mol. The minimum absolute atomic E-state index is 0.0174. The van der Waals surface area contributed by atoms with Crippen LogP contribution in [0.4, 0.5) is 5.82 Å². The Morgan fingerprint density at radius 1 is 1.17 bits per heavy atom. The lowest BCUT2D eigenvalue weighted by Crippen LogP contribution is -2.56. The van der Waals surface area contributed by atoms with Crippen LogP contribution < -0.4 is 5.32 Å². The van der Waals surface area contributed by atoms with Gasteiger partial charge in [0.2, 0.25) is 5.91 Å². The molecule has 2 unspecified atom stereocenters. The molecule has 7 nitrogen and oxygen atoms in total. The Morgan fingerprint density at radius 3 is 2.72 bits per heavy atom. The van der Waals surface area contributed by atoms with E-state index in [1.165, 1.54) is 11.1 Å². The highest BCUT2D eigenvalue weighted by atomic mass is 16.5. The predicted octanol–water partition coefficient (Wildman–Crippen LogP) is 4.01. The Kier molecular flexibility index (Phi) is 6.02. The van der Waals surface area contributed by atoms with Gasteiger partial charge in [-0.2, -0.15) is 0 Å². The van der Waals surface area contributed by atoms with Gasteiger partial charge < -0.3 is 15.2 Å². The van der Waals surface area contributed by atoms with Crippen LogP contribution >= 0.6 is 0 Å². The molecule has 2 saturated heterocycles. The summed E-state index contributed by atoms with van der Waals surface area (Å²) in [5.41, 5.74) is 3.36. The lowest BCUT2D eigenvalue weighted by atomic mass is 9.83. The number of benzene rings is 1. The lowest BCUT2D eigenvalue weighted by molar-refractivity contribution is -0.117. The summed E-state index contributed by atoms with van der Waals surface area (Å²) < 4.78 is 5.56. The molecule has 2 N–H and O–H groups in total. The first-order chi connectivity index (χ1) is 17.4. The van der Waals surface area contributed by atoms with E-state index in [0.29, 0.717) is 24.9 Å². The molecule has 1 aliphatic carbocycles. The van der Waals surface area contributed by atoms with Gasteiger partial charge in [-0.15, -0.1) is 0 Å². The number of amides is 1. The summed E-state index contributed by atoms with van der Waals surface area (Å²) in [7, 11) is 0. The van der Waals surface area contributed by atoms with Gasteiger partial charge in [-0.05, 0) is 92.9 Å². The summed E-state index contributed by atoms with van der Waals surface area (Å²) >= 11 is 0. The number of piperidine rings is 1. The number of likely N-dealkylation sites (tertiary alicyclic amines) is 1. The number of aliphatic hydroxyl groups is 1. The van der Waals surface area contributed by atoms with Crippen LogP contribution in [0, 0.1) is 12.8 Å². The number of fused-ring (bicyclic) bond motifs is 1. The van der Waals surface area contributed by atoms with Crippen molar-refractivity contribution in [3.63, 3.8) is 0 Å². The number of aryl methyl sites for hydroxylation is 1. The summed E-state index contributed by atoms with van der Waals surface area (Å²) in [4.78, 5) is 24.2. The standard InChI is InChI=1S/C29H34N4O3/c1-18-11-21-15-31-27(32-28(35)24-14-23(24)25-5-3-4-8-30-25)13-20(21)12-22(18)19-6-9-33(10-7-19)29(2)17-36-16-26(29)34/h3-5,8,11-13,15,19,23-24,26,34H,6-7,9-10,14,16-17H2,1-2H3,(H,31,32,35)/t23?,24?,26-,29+/m1/s1. The van der Waals surface area contributed by atoms with Crippen LogP contribution in [0.2, 0.25) is 0 Å². The van der Waals surface area contributed by atoms with Crippen molar-refractivity contribution in [2.45, 2.75) is 56.6 Å². The molecule has 1 aromatic carbocycles. The van der Waals surface area contributed by atoms with Gasteiger partial charge in [0.15, 0.2) is 0 Å². The minimum atomic E-state index is -0.424. The maximum absolute atomic E-state index is 12.8. The maximum Gasteiger partial charge on any atom is 0.229 e. The van der Waals surface area contributed by atoms with Crippen LogP contribution in [-0.4, -0.2) is 63.8 Å². The third kappa shape index (κ3) is 4.29. The van der Waals surface area contributed by atoms with Crippen LogP contribution in [0.25, 0.3) is 10.8 Å². The molecule has 4 heterocycles. The van der Waals surface area contributed by atoms with Crippen molar-refractivity contribution in [1.82, 2.24) is 14.9 Å². The highest BCUT2D eigenvalue weighted by Gasteiger charge is 2.46. The molecule has 0 radical (unpaired) electrons. The van der Waals surface area contributed by atoms with Crippen molar-refractivity contribution < 1.29 is 14.6 Å². The van der Waals surface area contributed by atoms with Gasteiger partial charge in [-0.3, -0.25) is 14.7 Å². The Hall–Kier alpha value is -2.87. The number of ether oxygens (including phenoxy) is 1. The number of rotatable bonds is 5. The smallest absolute Gasteiger partial charge is 0.229 e. The highest BCUT2D eigenvalue weighted by molar-refractivity contribution is 5.96. The third-order valence-corrected chi connectivity index (χ3v) is 8.60. The van der Waals surface area contributed by atoms with E-state index in [2.05, 4.69) is 46.2 Å². The molecule has 2 aliphatic heterocycles. The van der Waals surface area contributed by atoms with Crippen LogP contribution in [-0.2, 0) is 9.53 Å². The largest absolute Gasteiger partial charge is 0.389 e. The fraction of sp³-hybridized carbons (Fsp3) is 0.483. The first-order valence-corrected chi connectivity index (χ1v) is 13.1. The average molecular weight is 487 g/mol. The second-order valence-corrected chi connectivity index (χ2v) is 11.0. The molecule has 6 rings (SSSR count). The molecule has 0 spiro atoms. The molecule has 4 atom stereocenters. The van der Waals surface area contributed by atoms with Crippen molar-refractivity contribution in [2.24, 2.45) is 5.92 Å². The Balaban J connectivity index is 1.15. The number of hydrogen-bond donors (Lipinski definition) is 2. The summed E-state index contributed by atoms with van der Waals surface area (Å²) in [5.74, 6) is 1.26. The number of carbonyl (C=O) groups excluding carboxylic acids is 1. The van der Waals surface area contributed by atoms with Gasteiger partial charge >= 0.3 is 0 Å². The van der Waals surface area contributed by atoms with Crippen molar-refractivity contribution in [2.75, 3.05) is 31.6 Å². The molecule has 7 heteroatoms. The van der Waals surface area contributed by atoms with Gasteiger partial charge in [0.25, 0.3) is 0 Å². The molecular formula is C29H34N4O3. The molecule has 1 amide bonds. The Morgan fingerprint density at radius 2 is 2.00 bits per heavy atom. The second-order valence-electron chi connectivity index (χ2n) is 11.0. The quantitative estimate of drug-likeness (QED) is 0.567. The first kappa shape index (κ1) is 23.5. The third-order valence-electron chi connectivity index (χ3n) is 8.60. The van der Waals surface area contributed by atoms with Gasteiger partial charge in [0.1, 0.15) is 5.82 Å². The number of anilines is 1. The number of aliphatic hydroxyl groups excluding tert-OH is 1. The van der Waals surface area contributed by atoms with E-state index in [-0.39, 0.29) is 23.3 Å². The van der Waals surface area contributed by atoms with Gasteiger partial charge in [0, 0.05) is 35.3 Å². The van der Waals surface area contributed by atoms with Crippen LogP contribution in [0.3, 0.4) is 0 Å². The molecule has 3 fully saturated rings. The van der Waals surface area contributed by atoms with E-state index in [1.807, 2.05) is 30.5 Å². The van der Waals surface area contributed by atoms with Crippen molar-refractivity contribution in [3.05, 3.63) is 65.6 Å². The fourth-order valence-corrected chi connectivity index (χ4v) is 6.12. The molecule has 36 heavy (non-hydrogen) atoms. The van der Waals surface area contributed by atoms with Crippen LogP contribution in [0.5, 0.6) is 0 Å². The van der Waals surface area contributed by atoms with E-state index in [9.17, 15) is 9.90 Å². The van der Waals surface area contributed by atoms with Crippen molar-refractivity contribution in [3.8, 4) is 0 Å². The summed E-state index contributed by atoms with van der Waals surface area (Å²) in [6, 6.07) is 12.3. The molecule has 2 aromatic heterocycles. The number of pyridine rings is 2. The Bertz CT molecular complexity index is 1270. The van der Waals surface area contributed by atoms with Gasteiger partial charge in [0.05, 0.1) is 24.9 Å². The van der Waals surface area contributed by atoms with Gasteiger partial charge in [-0.1, -0.05) is 12.1 Å². The van der Waals surface area contributed by atoms with E-state index in [0.717, 1.165) is 48.8 Å². The summed E-state index contributed by atoms with van der Waals surface area (Å²) in [5, 5.41) is 15.7. The molecule has 3 aromatic rings. The van der Waals surface area contributed by atoms with Crippen molar-refractivity contribution in [1.29, 1.82) is 0 Å². The molecule has 0 bridgehead atoms. The zero-order chi connectivity index (χ0) is 24.9. The number of nitrogens with zero attached hydrogens (tertiary/aromatic N) is 3. The minimum Gasteiger partial charge on any atom is -0.389 e. The van der Waals surface area contributed by atoms with Gasteiger partial charge in [-0.25, -0.2) is 4.98 Å². The highest BCUT2D eigenvalue weighted by Crippen LogP contribution is 2.47. The number of carbonyl (C=O) groups is 1. The fourth-order valence-electron chi connectivity index (χ4n) is 6.12. The Labute approximate surface area is 211 Å². The average Bonchev–Trinajstić information content (AvgIpc) is 3.63. The lowest BCUT2D eigenvalue weighted by Gasteiger charge is -2.44. The SMILES string of the molecule is Cc1cc2cnc(NC(=O)C3CC3c3ccccn3)cc2cc1C1CCN([C@@]2(C)COC[C@H]2O)CC1. The topological polar surface area (TPSA) is 87.6 Å². The second kappa shape index (κ2) is 9.21. The predicted molar refractivity (Wildman–Crippen MR) is 139 cm³/mol. The van der Waals surface area contributed by atoms with Crippen LogP contribution in [0.1, 0.15) is 54.8 Å². The molecule has 1 saturated carbocycles. The molecule has 3 aliphatic rings. The summed E-state index contributed by atoms with van der Waals surface area (Å²) in [6.45, 7) is 7.23. The van der Waals surface area contributed by atoms with E-state index in [4.69, 9.17) is 4.74 Å². The van der Waals surface area contributed by atoms with E-state index >= 15 is 0 Å². The van der Waals surface area contributed by atoms with E-state index < -0.39 is 6.10 Å². The number of aromatic nitrogens is 2. The normalized spacial score (nSPS) is 28.9. The number of nitrogens with one attached hydrogen (secondary N) is 1. The van der Waals surface area contributed by atoms with Crippen molar-refractivity contribution >= 4 is 22.5 Å². The summed E-state index contributed by atoms with van der Waals surface area (Å²) in [6.07, 6.45) is 6.16. The zero-order valence-electron chi connectivity index (χ0n) is 21.0. The number of hydrogen-bond acceptors (Lipinski definition) is 6. The maximum atomic E-state index is 12.8. The monoisotopic (exact) mass is 486 g/mol. The van der Waals surface area contributed by atoms with Crippen LogP contribution in [0.15, 0.2) is 48.8 Å². The molecule has 188 valence electrons. The van der Waals surface area contributed by atoms with E-state index in [1.54, 1.807) is 6.20 Å².